The van der Waals surface area contributed by atoms with Crippen LogP contribution in [-0.4, -0.2) is 34.3 Å². The zero-order valence-corrected chi connectivity index (χ0v) is 15.3. The number of aryl methyl sites for hydroxylation is 1. The van der Waals surface area contributed by atoms with E-state index in [0.717, 1.165) is 22.0 Å². The summed E-state index contributed by atoms with van der Waals surface area (Å²) in [6.45, 7) is 2.70. The van der Waals surface area contributed by atoms with E-state index in [1.165, 1.54) is 11.8 Å². The molecule has 0 fully saturated rings. The van der Waals surface area contributed by atoms with Gasteiger partial charge in [0.15, 0.2) is 11.5 Å². The van der Waals surface area contributed by atoms with Crippen LogP contribution in [0.25, 0.3) is 10.2 Å². The molecule has 3 aromatic rings. The van der Waals surface area contributed by atoms with E-state index in [2.05, 4.69) is 9.97 Å². The maximum Gasteiger partial charge on any atom is 0.346 e. The Kier molecular flexibility index (Phi) is 4.33. The van der Waals surface area contributed by atoms with Crippen LogP contribution in [0.1, 0.15) is 21.1 Å². The number of carbonyl (C=O) groups is 1. The number of aromatic carboxylic acids is 1. The van der Waals surface area contributed by atoms with Crippen molar-refractivity contribution in [3.8, 4) is 11.5 Å². The highest BCUT2D eigenvalue weighted by Crippen LogP contribution is 2.35. The van der Waals surface area contributed by atoms with Crippen LogP contribution in [0.5, 0.6) is 11.5 Å². The van der Waals surface area contributed by atoms with Gasteiger partial charge in [-0.25, -0.2) is 9.78 Å². The molecule has 0 spiro atoms. The average Bonchev–Trinajstić information content (AvgIpc) is 2.97. The van der Waals surface area contributed by atoms with Crippen molar-refractivity contribution in [3.05, 3.63) is 44.8 Å². The third kappa shape index (κ3) is 3.04. The van der Waals surface area contributed by atoms with Crippen LogP contribution in [-0.2, 0) is 5.75 Å². The fourth-order valence-corrected chi connectivity index (χ4v) is 4.56. The van der Waals surface area contributed by atoms with E-state index in [1.807, 2.05) is 18.2 Å². The zero-order valence-electron chi connectivity index (χ0n) is 13.7. The van der Waals surface area contributed by atoms with Gasteiger partial charge < -0.3 is 19.6 Å². The number of carboxylic acid groups (broad SMARTS) is 1. The molecule has 0 unspecified atom stereocenters. The van der Waals surface area contributed by atoms with Crippen molar-refractivity contribution in [1.29, 1.82) is 0 Å². The Hall–Kier alpha value is -2.52. The summed E-state index contributed by atoms with van der Waals surface area (Å²) in [5.41, 5.74) is 0.145. The Morgan fingerprint density at radius 3 is 2.88 bits per heavy atom. The minimum absolute atomic E-state index is 0.148. The molecule has 3 heterocycles. The maximum absolute atomic E-state index is 12.3. The first-order valence-electron chi connectivity index (χ1n) is 7.81. The van der Waals surface area contributed by atoms with Crippen LogP contribution in [0.3, 0.4) is 0 Å². The standard InChI is InChI=1S/C17H14N2O5S2/c1-8-13-15(20)18-12(19-16(13)26-14(8)17(21)22)7-25-9-2-3-10-11(6-9)24-5-4-23-10/h2-3,6H,4-5,7H2,1H3,(H,21,22)(H,18,19,20). The third-order valence-corrected chi connectivity index (χ3v) is 6.11. The van der Waals surface area contributed by atoms with Gasteiger partial charge in [0.2, 0.25) is 0 Å². The number of fused-ring (bicyclic) bond motifs is 2. The molecule has 2 aromatic heterocycles. The first kappa shape index (κ1) is 16.9. The highest BCUT2D eigenvalue weighted by molar-refractivity contribution is 7.98. The van der Waals surface area contributed by atoms with Crippen LogP contribution >= 0.6 is 23.1 Å². The summed E-state index contributed by atoms with van der Waals surface area (Å²) >= 11 is 2.53. The Balaban J connectivity index is 1.60. The number of benzene rings is 1. The van der Waals surface area contributed by atoms with E-state index in [-0.39, 0.29) is 10.4 Å². The second kappa shape index (κ2) is 6.65. The van der Waals surface area contributed by atoms with Crippen molar-refractivity contribution in [2.24, 2.45) is 0 Å². The summed E-state index contributed by atoms with van der Waals surface area (Å²) in [7, 11) is 0. The van der Waals surface area contributed by atoms with E-state index in [9.17, 15) is 14.7 Å². The van der Waals surface area contributed by atoms with Crippen LogP contribution in [0.4, 0.5) is 0 Å². The number of thiophene rings is 1. The molecule has 0 radical (unpaired) electrons. The van der Waals surface area contributed by atoms with Crippen LogP contribution in [0, 0.1) is 6.92 Å². The quantitative estimate of drug-likeness (QED) is 0.660. The van der Waals surface area contributed by atoms with Crippen LogP contribution in [0.2, 0.25) is 0 Å². The molecule has 4 rings (SSSR count). The van der Waals surface area contributed by atoms with Gasteiger partial charge in [-0.2, -0.15) is 0 Å². The van der Waals surface area contributed by atoms with Gasteiger partial charge in [0.1, 0.15) is 28.7 Å². The van der Waals surface area contributed by atoms with Crippen molar-refractivity contribution < 1.29 is 19.4 Å². The van der Waals surface area contributed by atoms with Crippen LogP contribution in [0.15, 0.2) is 27.9 Å². The molecule has 1 aromatic carbocycles. The summed E-state index contributed by atoms with van der Waals surface area (Å²) in [5, 5.41) is 9.57. The van der Waals surface area contributed by atoms with Gasteiger partial charge >= 0.3 is 5.97 Å². The largest absolute Gasteiger partial charge is 0.486 e. The number of aromatic amines is 1. The minimum Gasteiger partial charge on any atom is -0.486 e. The second-order valence-corrected chi connectivity index (χ2v) is 7.70. The molecule has 0 saturated heterocycles. The second-order valence-electron chi connectivity index (χ2n) is 5.65. The number of H-pyrrole nitrogens is 1. The number of hydrogen-bond donors (Lipinski definition) is 2. The number of thioether (sulfide) groups is 1. The molecule has 7 nitrogen and oxygen atoms in total. The molecule has 0 bridgehead atoms. The molecule has 26 heavy (non-hydrogen) atoms. The molecular formula is C17H14N2O5S2. The highest BCUT2D eigenvalue weighted by Gasteiger charge is 2.19. The smallest absolute Gasteiger partial charge is 0.346 e. The topological polar surface area (TPSA) is 102 Å². The summed E-state index contributed by atoms with van der Waals surface area (Å²) < 4.78 is 11.1. The fraction of sp³-hybridized carbons (Fsp3) is 0.235. The molecule has 0 aliphatic carbocycles. The van der Waals surface area contributed by atoms with Gasteiger partial charge in [0.25, 0.3) is 5.56 Å². The fourth-order valence-electron chi connectivity index (χ4n) is 2.73. The van der Waals surface area contributed by atoms with Gasteiger partial charge in [-0.15, -0.1) is 23.1 Å². The predicted octanol–water partition coefficient (Wildman–Crippen LogP) is 3.05. The summed E-state index contributed by atoms with van der Waals surface area (Å²) in [6.07, 6.45) is 0. The van der Waals surface area contributed by atoms with Crippen molar-refractivity contribution in [2.75, 3.05) is 13.2 Å². The van der Waals surface area contributed by atoms with Gasteiger partial charge in [-0.05, 0) is 30.7 Å². The first-order chi connectivity index (χ1) is 12.5. The predicted molar refractivity (Wildman–Crippen MR) is 98.9 cm³/mol. The molecular weight excluding hydrogens is 376 g/mol. The SMILES string of the molecule is Cc1c(C(=O)O)sc2nc(CSc3ccc4c(c3)OCCO4)[nH]c(=O)c12. The van der Waals surface area contributed by atoms with E-state index >= 15 is 0 Å². The Morgan fingerprint density at radius 2 is 2.12 bits per heavy atom. The first-order valence-corrected chi connectivity index (χ1v) is 9.61. The van der Waals surface area contributed by atoms with Gasteiger partial charge in [0.05, 0.1) is 11.1 Å². The lowest BCUT2D eigenvalue weighted by Gasteiger charge is -2.18. The van der Waals surface area contributed by atoms with Gasteiger partial charge in [0, 0.05) is 4.90 Å². The summed E-state index contributed by atoms with van der Waals surface area (Å²) in [4.78, 5) is 32.3. The number of carboxylic acids is 1. The van der Waals surface area contributed by atoms with Gasteiger partial charge in [-0.3, -0.25) is 4.79 Å². The molecule has 2 N–H and O–H groups in total. The Bertz CT molecular complexity index is 1070. The third-order valence-electron chi connectivity index (χ3n) is 3.93. The molecule has 0 amide bonds. The molecule has 1 aliphatic rings. The Labute approximate surface area is 156 Å². The van der Waals surface area contributed by atoms with Crippen molar-refractivity contribution in [3.63, 3.8) is 0 Å². The molecule has 134 valence electrons. The average molecular weight is 390 g/mol. The highest BCUT2D eigenvalue weighted by atomic mass is 32.2. The lowest BCUT2D eigenvalue weighted by atomic mass is 10.2. The number of aromatic nitrogens is 2. The summed E-state index contributed by atoms with van der Waals surface area (Å²) in [5.74, 6) is 1.34. The van der Waals surface area contributed by atoms with E-state index in [0.29, 0.717) is 46.3 Å². The molecule has 1 aliphatic heterocycles. The molecule has 0 atom stereocenters. The van der Waals surface area contributed by atoms with E-state index < -0.39 is 5.97 Å². The molecule has 9 heteroatoms. The molecule has 0 saturated carbocycles. The van der Waals surface area contributed by atoms with Crippen molar-refractivity contribution in [1.82, 2.24) is 9.97 Å². The van der Waals surface area contributed by atoms with Gasteiger partial charge in [-0.1, -0.05) is 0 Å². The normalized spacial score (nSPS) is 13.1. The minimum atomic E-state index is -1.04. The monoisotopic (exact) mass is 390 g/mol. The maximum atomic E-state index is 12.3. The van der Waals surface area contributed by atoms with E-state index in [1.54, 1.807) is 6.92 Å². The lowest BCUT2D eigenvalue weighted by molar-refractivity contribution is 0.0701. The number of hydrogen-bond acceptors (Lipinski definition) is 7. The van der Waals surface area contributed by atoms with E-state index in [4.69, 9.17) is 9.47 Å². The number of nitrogens with one attached hydrogen (secondary N) is 1. The number of ether oxygens (including phenoxy) is 2. The number of nitrogens with zero attached hydrogens (tertiary/aromatic N) is 1. The van der Waals surface area contributed by atoms with Crippen LogP contribution < -0.4 is 15.0 Å². The Morgan fingerprint density at radius 1 is 1.35 bits per heavy atom. The zero-order chi connectivity index (χ0) is 18.3. The lowest BCUT2D eigenvalue weighted by Crippen LogP contribution is -2.15. The van der Waals surface area contributed by atoms with Crippen molar-refractivity contribution >= 4 is 39.3 Å². The summed E-state index contributed by atoms with van der Waals surface area (Å²) in [6, 6.07) is 5.68. The number of rotatable bonds is 4. The van der Waals surface area contributed by atoms with Crippen molar-refractivity contribution in [2.45, 2.75) is 17.6 Å².